The molecule has 0 saturated carbocycles. The number of hydrogen-bond acceptors (Lipinski definition) is 4. The lowest BCUT2D eigenvalue weighted by Crippen LogP contribution is -2.49. The smallest absolute Gasteiger partial charge is 0.0403 e. The van der Waals surface area contributed by atoms with Gasteiger partial charge in [0.2, 0.25) is 0 Å². The van der Waals surface area contributed by atoms with Gasteiger partial charge in [0.05, 0.1) is 0 Å². The molecule has 2 nitrogen and oxygen atoms in total. The van der Waals surface area contributed by atoms with E-state index in [1.165, 1.54) is 23.5 Å². The molecule has 1 aliphatic heterocycles. The minimum absolute atomic E-state index is 0.318. The highest BCUT2D eigenvalue weighted by Gasteiger charge is 2.37. The van der Waals surface area contributed by atoms with E-state index in [4.69, 9.17) is 5.84 Å². The SMILES string of the molecule is CC1(C(Cc2cccs2)NN)CCCS1. The number of hydrogen-bond donors (Lipinski definition) is 2. The topological polar surface area (TPSA) is 38.0 Å². The Labute approximate surface area is 99.6 Å². The predicted molar refractivity (Wildman–Crippen MR) is 69.2 cm³/mol. The number of nitrogens with two attached hydrogens (primary N) is 1. The van der Waals surface area contributed by atoms with Crippen molar-refractivity contribution >= 4 is 23.1 Å². The zero-order chi connectivity index (χ0) is 10.7. The molecule has 84 valence electrons. The molecule has 0 aromatic carbocycles. The van der Waals surface area contributed by atoms with E-state index in [9.17, 15) is 0 Å². The highest BCUT2D eigenvalue weighted by molar-refractivity contribution is 8.00. The molecular formula is C11H18N2S2. The van der Waals surface area contributed by atoms with E-state index < -0.39 is 0 Å². The molecule has 0 radical (unpaired) electrons. The Morgan fingerprint density at radius 1 is 1.67 bits per heavy atom. The van der Waals surface area contributed by atoms with Gasteiger partial charge in [-0.3, -0.25) is 11.3 Å². The van der Waals surface area contributed by atoms with Crippen LogP contribution < -0.4 is 11.3 Å². The van der Waals surface area contributed by atoms with Crippen molar-refractivity contribution in [2.24, 2.45) is 5.84 Å². The fraction of sp³-hybridized carbons (Fsp3) is 0.636. The lowest BCUT2D eigenvalue weighted by molar-refractivity contribution is 0.407. The molecule has 2 atom stereocenters. The summed E-state index contributed by atoms with van der Waals surface area (Å²) in [5.74, 6) is 6.97. The maximum absolute atomic E-state index is 5.70. The average Bonchev–Trinajstić information content (AvgIpc) is 2.85. The highest BCUT2D eigenvalue weighted by atomic mass is 32.2. The first-order chi connectivity index (χ1) is 7.24. The molecule has 2 heterocycles. The Morgan fingerprint density at radius 3 is 3.07 bits per heavy atom. The van der Waals surface area contributed by atoms with Crippen molar-refractivity contribution in [3.63, 3.8) is 0 Å². The summed E-state index contributed by atoms with van der Waals surface area (Å²) >= 11 is 3.88. The van der Waals surface area contributed by atoms with Gasteiger partial charge in [-0.2, -0.15) is 11.8 Å². The van der Waals surface area contributed by atoms with Crippen LogP contribution in [0.15, 0.2) is 17.5 Å². The fourth-order valence-electron chi connectivity index (χ4n) is 2.16. The standard InChI is InChI=1S/C11H18N2S2/c1-11(5-3-7-15-11)10(13-12)8-9-4-2-6-14-9/h2,4,6,10,13H,3,5,7-8,12H2,1H3. The van der Waals surface area contributed by atoms with E-state index in [1.807, 2.05) is 11.3 Å². The van der Waals surface area contributed by atoms with Crippen LogP contribution in [0, 0.1) is 0 Å². The van der Waals surface area contributed by atoms with E-state index >= 15 is 0 Å². The van der Waals surface area contributed by atoms with Gasteiger partial charge >= 0.3 is 0 Å². The average molecular weight is 242 g/mol. The van der Waals surface area contributed by atoms with Gasteiger partial charge in [-0.1, -0.05) is 6.07 Å². The lowest BCUT2D eigenvalue weighted by atomic mass is 9.93. The summed E-state index contributed by atoms with van der Waals surface area (Å²) in [7, 11) is 0. The summed E-state index contributed by atoms with van der Waals surface area (Å²) < 4.78 is 0.318. The molecule has 0 aliphatic carbocycles. The van der Waals surface area contributed by atoms with Crippen LogP contribution in [-0.2, 0) is 6.42 Å². The predicted octanol–water partition coefficient (Wildman–Crippen LogP) is 2.41. The molecule has 1 aliphatic rings. The van der Waals surface area contributed by atoms with Crippen LogP contribution in [0.4, 0.5) is 0 Å². The van der Waals surface area contributed by atoms with E-state index in [-0.39, 0.29) is 0 Å². The van der Waals surface area contributed by atoms with Crippen LogP contribution in [0.25, 0.3) is 0 Å². The van der Waals surface area contributed by atoms with Gasteiger partial charge in [-0.25, -0.2) is 0 Å². The van der Waals surface area contributed by atoms with Gasteiger partial charge in [-0.05, 0) is 43.4 Å². The van der Waals surface area contributed by atoms with E-state index in [0.29, 0.717) is 10.8 Å². The Balaban J connectivity index is 2.03. The fourth-order valence-corrected chi connectivity index (χ4v) is 4.30. The number of rotatable bonds is 4. The largest absolute Gasteiger partial charge is 0.271 e. The minimum Gasteiger partial charge on any atom is -0.271 e. The first-order valence-electron chi connectivity index (χ1n) is 5.37. The first kappa shape index (κ1) is 11.5. The Hall–Kier alpha value is -0.0300. The van der Waals surface area contributed by atoms with Crippen LogP contribution in [0.1, 0.15) is 24.6 Å². The zero-order valence-corrected chi connectivity index (χ0v) is 10.7. The third kappa shape index (κ3) is 2.56. The highest BCUT2D eigenvalue weighted by Crippen LogP contribution is 2.41. The number of thioether (sulfide) groups is 1. The molecule has 0 spiro atoms. The van der Waals surface area contributed by atoms with Crippen molar-refractivity contribution < 1.29 is 0 Å². The molecule has 0 amide bonds. The summed E-state index contributed by atoms with van der Waals surface area (Å²) in [6.07, 6.45) is 3.65. The minimum atomic E-state index is 0.318. The van der Waals surface area contributed by atoms with Crippen molar-refractivity contribution in [2.45, 2.75) is 37.0 Å². The maximum atomic E-state index is 5.70. The molecule has 2 unspecified atom stereocenters. The van der Waals surface area contributed by atoms with Crippen molar-refractivity contribution in [3.8, 4) is 0 Å². The Morgan fingerprint density at radius 2 is 2.53 bits per heavy atom. The van der Waals surface area contributed by atoms with Crippen molar-refractivity contribution in [1.82, 2.24) is 5.43 Å². The van der Waals surface area contributed by atoms with Crippen molar-refractivity contribution in [2.75, 3.05) is 5.75 Å². The van der Waals surface area contributed by atoms with Crippen LogP contribution in [0.2, 0.25) is 0 Å². The molecular weight excluding hydrogens is 224 g/mol. The van der Waals surface area contributed by atoms with Crippen molar-refractivity contribution in [1.29, 1.82) is 0 Å². The molecule has 2 rings (SSSR count). The van der Waals surface area contributed by atoms with Gasteiger partial charge in [0, 0.05) is 15.7 Å². The summed E-state index contributed by atoms with van der Waals surface area (Å²) in [6.45, 7) is 2.34. The van der Waals surface area contributed by atoms with Gasteiger partial charge in [-0.15, -0.1) is 11.3 Å². The third-order valence-corrected chi connectivity index (χ3v) is 5.71. The molecule has 3 N–H and O–H groups in total. The van der Waals surface area contributed by atoms with E-state index in [1.54, 1.807) is 0 Å². The Bertz CT molecular complexity index is 292. The molecule has 1 aromatic heterocycles. The summed E-state index contributed by atoms with van der Waals surface area (Å²) in [5.41, 5.74) is 3.01. The molecule has 15 heavy (non-hydrogen) atoms. The normalized spacial score (nSPS) is 28.1. The Kier molecular flexibility index (Phi) is 3.72. The first-order valence-corrected chi connectivity index (χ1v) is 7.23. The van der Waals surface area contributed by atoms with Gasteiger partial charge in [0.15, 0.2) is 0 Å². The summed E-state index contributed by atoms with van der Waals surface area (Å²) in [5, 5.41) is 2.13. The molecule has 0 bridgehead atoms. The van der Waals surface area contributed by atoms with Crippen LogP contribution >= 0.6 is 23.1 Å². The lowest BCUT2D eigenvalue weighted by Gasteiger charge is -2.32. The second-order valence-corrected chi connectivity index (χ2v) is 6.93. The number of nitrogens with one attached hydrogen (secondary N) is 1. The van der Waals surface area contributed by atoms with Crippen molar-refractivity contribution in [3.05, 3.63) is 22.4 Å². The van der Waals surface area contributed by atoms with E-state index in [2.05, 4.69) is 41.6 Å². The van der Waals surface area contributed by atoms with Crippen LogP contribution in [-0.4, -0.2) is 16.5 Å². The monoisotopic (exact) mass is 242 g/mol. The summed E-state index contributed by atoms with van der Waals surface area (Å²) in [6, 6.07) is 4.69. The number of thiophene rings is 1. The second-order valence-electron chi connectivity index (χ2n) is 4.27. The quantitative estimate of drug-likeness (QED) is 0.629. The zero-order valence-electron chi connectivity index (χ0n) is 9.03. The summed E-state index contributed by atoms with van der Waals surface area (Å²) in [4.78, 5) is 1.42. The van der Waals surface area contributed by atoms with E-state index in [0.717, 1.165) is 6.42 Å². The number of hydrazine groups is 1. The maximum Gasteiger partial charge on any atom is 0.0403 e. The molecule has 1 aromatic rings. The molecule has 1 saturated heterocycles. The molecule has 1 fully saturated rings. The van der Waals surface area contributed by atoms with Gasteiger partial charge < -0.3 is 0 Å². The molecule has 4 heteroatoms. The second kappa shape index (κ2) is 4.87. The van der Waals surface area contributed by atoms with Gasteiger partial charge in [0.25, 0.3) is 0 Å². The third-order valence-electron chi connectivity index (χ3n) is 3.17. The van der Waals surface area contributed by atoms with Crippen LogP contribution in [0.3, 0.4) is 0 Å². The van der Waals surface area contributed by atoms with Crippen LogP contribution in [0.5, 0.6) is 0 Å². The van der Waals surface area contributed by atoms with Gasteiger partial charge in [0.1, 0.15) is 0 Å².